The highest BCUT2D eigenvalue weighted by Gasteiger charge is 2.08. The van der Waals surface area contributed by atoms with Gasteiger partial charge in [-0.15, -0.1) is 0 Å². The first-order valence-corrected chi connectivity index (χ1v) is 3.33. The van der Waals surface area contributed by atoms with Gasteiger partial charge in [-0.3, -0.25) is 4.68 Å². The molecule has 0 atom stereocenters. The summed E-state index contributed by atoms with van der Waals surface area (Å²) in [4.78, 5) is 0. The molecule has 3 nitrogen and oxygen atoms in total. The largest absolute Gasteiger partial charge is 0.390 e. The van der Waals surface area contributed by atoms with E-state index in [1.54, 1.807) is 11.7 Å². The van der Waals surface area contributed by atoms with Crippen LogP contribution in [0.25, 0.3) is 0 Å². The van der Waals surface area contributed by atoms with Crippen LogP contribution >= 0.6 is 11.6 Å². The lowest BCUT2D eigenvalue weighted by Gasteiger charge is -1.94. The summed E-state index contributed by atoms with van der Waals surface area (Å²) in [6.07, 6.45) is 0. The standard InChI is InChI=1S/C6H9ClN2O/c1-4-6(7)5(3-10)9(2)8-4/h10H,3H2,1-2H3. The molecule has 0 aliphatic carbocycles. The summed E-state index contributed by atoms with van der Waals surface area (Å²) in [5.74, 6) is 0. The molecule has 0 aliphatic heterocycles. The Hall–Kier alpha value is -0.540. The Balaban J connectivity index is 3.20. The second-order valence-corrected chi connectivity index (χ2v) is 2.51. The maximum atomic E-state index is 8.77. The second kappa shape index (κ2) is 2.60. The molecule has 1 aromatic rings. The van der Waals surface area contributed by atoms with Crippen molar-refractivity contribution >= 4 is 11.6 Å². The Morgan fingerprint density at radius 2 is 2.30 bits per heavy atom. The molecular weight excluding hydrogens is 152 g/mol. The molecule has 0 amide bonds. The zero-order valence-electron chi connectivity index (χ0n) is 5.93. The third-order valence-corrected chi connectivity index (χ3v) is 1.90. The van der Waals surface area contributed by atoms with Gasteiger partial charge in [0.1, 0.15) is 0 Å². The van der Waals surface area contributed by atoms with Crippen molar-refractivity contribution < 1.29 is 5.11 Å². The van der Waals surface area contributed by atoms with Crippen LogP contribution in [-0.2, 0) is 13.7 Å². The van der Waals surface area contributed by atoms with E-state index in [-0.39, 0.29) is 6.61 Å². The van der Waals surface area contributed by atoms with Crippen molar-refractivity contribution in [3.63, 3.8) is 0 Å². The zero-order chi connectivity index (χ0) is 7.72. The first kappa shape index (κ1) is 7.57. The summed E-state index contributed by atoms with van der Waals surface area (Å²) in [6, 6.07) is 0. The van der Waals surface area contributed by atoms with Crippen LogP contribution in [0.3, 0.4) is 0 Å². The van der Waals surface area contributed by atoms with Gasteiger partial charge in [-0.2, -0.15) is 5.10 Å². The molecule has 0 unspecified atom stereocenters. The van der Waals surface area contributed by atoms with Crippen molar-refractivity contribution in [2.45, 2.75) is 13.5 Å². The molecule has 0 spiro atoms. The number of rotatable bonds is 1. The maximum absolute atomic E-state index is 8.77. The topological polar surface area (TPSA) is 38.0 Å². The average Bonchev–Trinajstić information content (AvgIpc) is 2.09. The third-order valence-electron chi connectivity index (χ3n) is 1.41. The van der Waals surface area contributed by atoms with Gasteiger partial charge in [-0.25, -0.2) is 0 Å². The van der Waals surface area contributed by atoms with Crippen LogP contribution < -0.4 is 0 Å². The normalized spacial score (nSPS) is 10.4. The molecule has 0 saturated heterocycles. The van der Waals surface area contributed by atoms with Gasteiger partial charge in [-0.1, -0.05) is 11.6 Å². The Bertz CT molecular complexity index is 244. The number of halogens is 1. The Kier molecular flexibility index (Phi) is 1.97. The van der Waals surface area contributed by atoms with E-state index in [4.69, 9.17) is 16.7 Å². The summed E-state index contributed by atoms with van der Waals surface area (Å²) in [5, 5.41) is 13.3. The van der Waals surface area contributed by atoms with Gasteiger partial charge in [0, 0.05) is 7.05 Å². The predicted molar refractivity (Wildman–Crippen MR) is 38.9 cm³/mol. The lowest BCUT2D eigenvalue weighted by molar-refractivity contribution is 0.270. The molecule has 0 aromatic carbocycles. The minimum absolute atomic E-state index is 0.0594. The maximum Gasteiger partial charge on any atom is 0.0870 e. The first-order chi connectivity index (χ1) is 4.66. The van der Waals surface area contributed by atoms with Gasteiger partial charge in [0.25, 0.3) is 0 Å². The van der Waals surface area contributed by atoms with Crippen LogP contribution in [0.5, 0.6) is 0 Å². The van der Waals surface area contributed by atoms with Gasteiger partial charge in [-0.05, 0) is 6.92 Å². The Labute approximate surface area is 64.2 Å². The van der Waals surface area contributed by atoms with Crippen LogP contribution in [0.2, 0.25) is 5.02 Å². The molecule has 1 heterocycles. The molecule has 1 aromatic heterocycles. The van der Waals surface area contributed by atoms with Crippen molar-refractivity contribution in [3.05, 3.63) is 16.4 Å². The number of hydrogen-bond donors (Lipinski definition) is 1. The molecule has 1 rings (SSSR count). The van der Waals surface area contributed by atoms with E-state index in [0.29, 0.717) is 10.7 Å². The molecule has 56 valence electrons. The molecule has 1 N–H and O–H groups in total. The lowest BCUT2D eigenvalue weighted by atomic mass is 10.4. The molecule has 0 saturated carbocycles. The van der Waals surface area contributed by atoms with E-state index in [2.05, 4.69) is 5.10 Å². The quantitative estimate of drug-likeness (QED) is 0.662. The number of aliphatic hydroxyl groups is 1. The molecule has 0 bridgehead atoms. The van der Waals surface area contributed by atoms with Crippen molar-refractivity contribution in [3.8, 4) is 0 Å². The van der Waals surface area contributed by atoms with Crippen molar-refractivity contribution in [1.29, 1.82) is 0 Å². The summed E-state index contributed by atoms with van der Waals surface area (Å²) in [7, 11) is 1.75. The smallest absolute Gasteiger partial charge is 0.0870 e. The van der Waals surface area contributed by atoms with E-state index >= 15 is 0 Å². The highest BCUT2D eigenvalue weighted by atomic mass is 35.5. The number of nitrogens with zero attached hydrogens (tertiary/aromatic N) is 2. The van der Waals surface area contributed by atoms with E-state index < -0.39 is 0 Å². The fourth-order valence-electron chi connectivity index (χ4n) is 0.852. The van der Waals surface area contributed by atoms with Gasteiger partial charge >= 0.3 is 0 Å². The average molecular weight is 161 g/mol. The minimum Gasteiger partial charge on any atom is -0.390 e. The fourth-order valence-corrected chi connectivity index (χ4v) is 1.07. The van der Waals surface area contributed by atoms with Crippen LogP contribution in [0.15, 0.2) is 0 Å². The van der Waals surface area contributed by atoms with Gasteiger partial charge in [0.05, 0.1) is 23.0 Å². The number of aromatic nitrogens is 2. The van der Waals surface area contributed by atoms with Crippen molar-refractivity contribution in [2.24, 2.45) is 7.05 Å². The highest BCUT2D eigenvalue weighted by Crippen LogP contribution is 2.18. The third kappa shape index (κ3) is 1.02. The number of aliphatic hydroxyl groups excluding tert-OH is 1. The highest BCUT2D eigenvalue weighted by molar-refractivity contribution is 6.31. The van der Waals surface area contributed by atoms with Gasteiger partial charge < -0.3 is 5.11 Å². The minimum atomic E-state index is -0.0594. The number of hydrogen-bond acceptors (Lipinski definition) is 2. The SMILES string of the molecule is Cc1nn(C)c(CO)c1Cl. The summed E-state index contributed by atoms with van der Waals surface area (Å²) in [5.41, 5.74) is 1.42. The van der Waals surface area contributed by atoms with Gasteiger partial charge in [0.15, 0.2) is 0 Å². The molecule has 0 fully saturated rings. The van der Waals surface area contributed by atoms with Crippen LogP contribution in [0.1, 0.15) is 11.4 Å². The first-order valence-electron chi connectivity index (χ1n) is 2.95. The Morgan fingerprint density at radius 1 is 1.70 bits per heavy atom. The van der Waals surface area contributed by atoms with Gasteiger partial charge in [0.2, 0.25) is 0 Å². The van der Waals surface area contributed by atoms with Crippen LogP contribution in [0, 0.1) is 6.92 Å². The number of aryl methyl sites for hydroxylation is 2. The van der Waals surface area contributed by atoms with Crippen LogP contribution in [-0.4, -0.2) is 14.9 Å². The Morgan fingerprint density at radius 3 is 2.50 bits per heavy atom. The molecular formula is C6H9ClN2O. The monoisotopic (exact) mass is 160 g/mol. The van der Waals surface area contributed by atoms with Crippen LogP contribution in [0.4, 0.5) is 0 Å². The second-order valence-electron chi connectivity index (χ2n) is 2.13. The van der Waals surface area contributed by atoms with Crippen molar-refractivity contribution in [1.82, 2.24) is 9.78 Å². The molecule has 0 aliphatic rings. The molecule has 4 heteroatoms. The van der Waals surface area contributed by atoms with E-state index in [0.717, 1.165) is 5.69 Å². The fraction of sp³-hybridized carbons (Fsp3) is 0.500. The van der Waals surface area contributed by atoms with E-state index in [1.807, 2.05) is 6.92 Å². The van der Waals surface area contributed by atoms with Crippen molar-refractivity contribution in [2.75, 3.05) is 0 Å². The summed E-state index contributed by atoms with van der Waals surface area (Å²) >= 11 is 5.77. The zero-order valence-corrected chi connectivity index (χ0v) is 6.68. The summed E-state index contributed by atoms with van der Waals surface area (Å²) in [6.45, 7) is 1.75. The van der Waals surface area contributed by atoms with E-state index in [1.165, 1.54) is 0 Å². The summed E-state index contributed by atoms with van der Waals surface area (Å²) < 4.78 is 1.58. The van der Waals surface area contributed by atoms with E-state index in [9.17, 15) is 0 Å². The predicted octanol–water partition coefficient (Wildman–Crippen LogP) is 0.874. The molecule has 10 heavy (non-hydrogen) atoms. The lowest BCUT2D eigenvalue weighted by Crippen LogP contribution is -1.97. The molecule has 0 radical (unpaired) electrons.